The molecule has 0 bridgehead atoms. The molecule has 21 nitrogen and oxygen atoms in total. The number of hydrogen-bond donors (Lipinski definition) is 4. The molecule has 4 amide bonds. The number of H-pyrrole nitrogens is 3. The first kappa shape index (κ1) is 83.7. The number of aromatic nitrogens is 6. The molecule has 4 unspecified atom stereocenters. The quantitative estimate of drug-likeness (QED) is 0.0888. The number of ether oxygens (including phenoxy) is 4. The number of amides is 4. The second-order valence-corrected chi connectivity index (χ2v) is 36.2. The molecule has 6 aromatic heterocycles. The van der Waals surface area contributed by atoms with E-state index in [2.05, 4.69) is 102 Å². The van der Waals surface area contributed by atoms with E-state index in [-0.39, 0.29) is 34.6 Å². The van der Waals surface area contributed by atoms with E-state index in [1.54, 1.807) is 43.0 Å². The summed E-state index contributed by atoms with van der Waals surface area (Å²) in [6, 6.07) is 52.2. The van der Waals surface area contributed by atoms with Crippen molar-refractivity contribution in [3.05, 3.63) is 259 Å². The van der Waals surface area contributed by atoms with Crippen molar-refractivity contribution in [2.45, 2.75) is 152 Å². The SMILES string of the molecule is CC1(Cc2ccccc2)CCN(C(=O)C2Cc3cc(Cl)cc(-c4ccnc5[nH]ccc45)c3O2)CC1.Nc1cc(-c2cc(Cl)cc3c2OC(C(=O)N2CCCCC2)C3)ccn1.O=C(C1Cc2cc(Cl)cc(-c3cc[nH]c(=O)c3)c2O1)N1CCCCC1.O=C(C1Cc2cc(Cl)cc(-c3ccnc4[nH]ccc34)c2O1)N1CCN(C2CCC(c3ccccc3)CC2)CC1. The third kappa shape index (κ3) is 18.4. The van der Waals surface area contributed by atoms with Crippen LogP contribution in [0.25, 0.3) is 66.6 Å². The molecule has 0 spiro atoms. The molecule has 0 radical (unpaired) electrons. The smallest absolute Gasteiger partial charge is 0.264 e. The van der Waals surface area contributed by atoms with Crippen molar-refractivity contribution in [2.24, 2.45) is 5.41 Å². The maximum absolute atomic E-state index is 13.6. The molecule has 4 atom stereocenters. The first-order chi connectivity index (χ1) is 60.4. The Kier molecular flexibility index (Phi) is 24.9. The number of pyridine rings is 4. The Hall–Kier alpha value is -11.2. The predicted molar refractivity (Wildman–Crippen MR) is 487 cm³/mol. The molecular weight excluding hydrogens is 1640 g/mol. The Balaban J connectivity index is 0.000000115. The molecule has 14 heterocycles. The van der Waals surface area contributed by atoms with Crippen molar-refractivity contribution >= 4 is 97.9 Å². The minimum atomic E-state index is -0.510. The van der Waals surface area contributed by atoms with Gasteiger partial charge < -0.3 is 59.2 Å². The third-order valence-corrected chi connectivity index (χ3v) is 27.0. The lowest BCUT2D eigenvalue weighted by Crippen LogP contribution is -2.54. The Morgan fingerprint density at radius 2 is 0.823 bits per heavy atom. The Morgan fingerprint density at radius 3 is 1.27 bits per heavy atom. The molecule has 124 heavy (non-hydrogen) atoms. The van der Waals surface area contributed by atoms with Crippen LogP contribution in [-0.2, 0) is 51.3 Å². The van der Waals surface area contributed by atoms with Gasteiger partial charge in [0, 0.05) is 216 Å². The zero-order valence-electron chi connectivity index (χ0n) is 69.4. The molecule has 5 N–H and O–H groups in total. The lowest BCUT2D eigenvalue weighted by atomic mass is 9.75. The normalized spacial score (nSPS) is 20.6. The van der Waals surface area contributed by atoms with E-state index in [1.165, 1.54) is 55.7 Å². The summed E-state index contributed by atoms with van der Waals surface area (Å²) in [6.07, 6.45) is 25.4. The largest absolute Gasteiger partial charge is 0.479 e. The Labute approximate surface area is 740 Å². The average Bonchev–Trinajstić information content (AvgIpc) is 1.62. The molecular formula is C99H100Cl4N12O9. The van der Waals surface area contributed by atoms with Crippen LogP contribution < -0.4 is 30.2 Å². The summed E-state index contributed by atoms with van der Waals surface area (Å²) in [5.41, 5.74) is 21.2. The fraction of sp³-hybridized carbons (Fsp3) is 0.354. The van der Waals surface area contributed by atoms with Crippen molar-refractivity contribution in [3.63, 3.8) is 0 Å². The van der Waals surface area contributed by atoms with Crippen molar-refractivity contribution < 1.29 is 38.1 Å². The maximum atomic E-state index is 13.6. The van der Waals surface area contributed by atoms with Crippen molar-refractivity contribution in [1.29, 1.82) is 0 Å². The minimum Gasteiger partial charge on any atom is -0.479 e. The summed E-state index contributed by atoms with van der Waals surface area (Å²) in [6.45, 7) is 10.5. The Morgan fingerprint density at radius 1 is 0.419 bits per heavy atom. The second kappa shape index (κ2) is 36.9. The van der Waals surface area contributed by atoms with E-state index in [9.17, 15) is 24.0 Å². The van der Waals surface area contributed by atoms with Gasteiger partial charge in [-0.2, -0.15) is 0 Å². The number of nitrogens with two attached hydrogens (primary N) is 1. The van der Waals surface area contributed by atoms with Crippen LogP contribution in [0.15, 0.2) is 200 Å². The van der Waals surface area contributed by atoms with E-state index in [4.69, 9.17) is 71.1 Å². The van der Waals surface area contributed by atoms with Crippen LogP contribution in [0.5, 0.6) is 23.0 Å². The Bertz CT molecular complexity index is 5990. The van der Waals surface area contributed by atoms with E-state index in [1.807, 2.05) is 105 Å². The van der Waals surface area contributed by atoms with Crippen LogP contribution in [0.3, 0.4) is 0 Å². The van der Waals surface area contributed by atoms with Crippen LogP contribution in [0.2, 0.25) is 20.1 Å². The molecule has 5 fully saturated rings. The van der Waals surface area contributed by atoms with Crippen LogP contribution in [0.1, 0.15) is 123 Å². The lowest BCUT2D eigenvalue weighted by molar-refractivity contribution is -0.140. The molecule has 1 saturated carbocycles. The summed E-state index contributed by atoms with van der Waals surface area (Å²) in [5, 5.41) is 4.50. The molecule has 21 rings (SSSR count). The molecule has 4 saturated heterocycles. The lowest BCUT2D eigenvalue weighted by Gasteiger charge is -2.42. The summed E-state index contributed by atoms with van der Waals surface area (Å²) in [7, 11) is 0. The zero-order valence-corrected chi connectivity index (χ0v) is 72.4. The summed E-state index contributed by atoms with van der Waals surface area (Å²) >= 11 is 25.6. The van der Waals surface area contributed by atoms with Gasteiger partial charge in [0.25, 0.3) is 23.6 Å². The summed E-state index contributed by atoms with van der Waals surface area (Å²) in [5.74, 6) is 4.31. The number of carbonyl (C=O) groups excluding carboxylic acids is 4. The fourth-order valence-electron chi connectivity index (χ4n) is 19.7. The molecule has 9 aliphatic rings. The van der Waals surface area contributed by atoms with Gasteiger partial charge in [0.05, 0.1) is 0 Å². The first-order valence-electron chi connectivity index (χ1n) is 43.6. The van der Waals surface area contributed by atoms with Gasteiger partial charge in [0.15, 0.2) is 24.4 Å². The van der Waals surface area contributed by atoms with Crippen molar-refractivity contribution in [1.82, 2.24) is 54.4 Å². The van der Waals surface area contributed by atoms with Gasteiger partial charge in [-0.25, -0.2) is 15.0 Å². The molecule has 12 aromatic rings. The van der Waals surface area contributed by atoms with Gasteiger partial charge in [-0.15, -0.1) is 0 Å². The number of rotatable bonds is 12. The number of piperazine rings is 1. The van der Waals surface area contributed by atoms with E-state index >= 15 is 0 Å². The fourth-order valence-corrected chi connectivity index (χ4v) is 20.6. The minimum absolute atomic E-state index is 0.0453. The predicted octanol–water partition coefficient (Wildman–Crippen LogP) is 18.4. The number of likely N-dealkylation sites (tertiary alicyclic amines) is 3. The van der Waals surface area contributed by atoms with Crippen LogP contribution in [0.4, 0.5) is 5.82 Å². The first-order valence-corrected chi connectivity index (χ1v) is 45.1. The molecule has 638 valence electrons. The average molecular weight is 1740 g/mol. The number of aromatic amines is 3. The monoisotopic (exact) mass is 1740 g/mol. The molecule has 25 heteroatoms. The number of carbonyl (C=O) groups is 4. The van der Waals surface area contributed by atoms with Gasteiger partial charge in [-0.1, -0.05) is 114 Å². The van der Waals surface area contributed by atoms with Gasteiger partial charge in [-0.05, 0) is 219 Å². The number of fused-ring (bicyclic) bond motifs is 6. The van der Waals surface area contributed by atoms with E-state index in [0.29, 0.717) is 69.3 Å². The highest BCUT2D eigenvalue weighted by Crippen LogP contribution is 2.49. The number of nitrogens with zero attached hydrogens (tertiary/aromatic N) is 8. The number of anilines is 1. The van der Waals surface area contributed by atoms with Crippen LogP contribution in [0, 0.1) is 5.41 Å². The number of nitrogens with one attached hydrogen (secondary N) is 3. The number of nitrogen functional groups attached to an aromatic ring is 1. The third-order valence-electron chi connectivity index (χ3n) is 26.2. The molecule has 1 aliphatic carbocycles. The van der Waals surface area contributed by atoms with Crippen molar-refractivity contribution in [2.75, 3.05) is 71.2 Å². The second-order valence-electron chi connectivity index (χ2n) is 34.5. The van der Waals surface area contributed by atoms with Crippen LogP contribution >= 0.6 is 46.4 Å². The highest BCUT2D eigenvalue weighted by Gasteiger charge is 2.42. The van der Waals surface area contributed by atoms with Crippen molar-refractivity contribution in [3.8, 4) is 67.5 Å². The standard InChI is InChI=1S/C32H33ClN4O2.C29H28ClN3O2.C19H20ClN3O2.C19H19ClN2O3/c33-24-18-23-19-29(39-30(23)28(20-24)26-10-12-34-31-27(26)11-13-35-31)32(38)37-16-14-36(15-17-37)25-8-6-22(7-9-25)21-4-2-1-3-5-21;1-29(18-19-5-3-2-4-6-19)9-13-33(14-10-29)28(34)25-16-20-15-21(30)17-24(26(20)35-25)22-7-11-31-27-23(22)8-12-32-27;20-14-8-13-9-16(19(24)23-6-2-1-3-7-23)25-18(13)15(11-14)12-4-5-22-17(21)10-12;20-14-8-13-9-16(19(24)22-6-2-1-3-7-22)25-18(13)15(11-14)12-4-5-21-17(23)10-12/h1-5,10-13,18,20,22,25,29H,6-9,14-17,19H2,(H,34,35);2-8,11-12,15,17,25H,9-10,13-14,16,18H2,1H3,(H,31,32);4-5,8,10-11,16H,1-3,6-7,9H2,(H2,21,22);4-5,8,10-11,16H,1-3,6-7,9H2,(H,21,23). The number of halogens is 4. The summed E-state index contributed by atoms with van der Waals surface area (Å²) < 4.78 is 24.9. The van der Waals surface area contributed by atoms with E-state index in [0.717, 1.165) is 216 Å². The van der Waals surface area contributed by atoms with Gasteiger partial charge in [0.2, 0.25) is 5.56 Å². The maximum Gasteiger partial charge on any atom is 0.264 e. The molecule has 8 aliphatic heterocycles. The number of hydrogen-bond acceptors (Lipinski definition) is 14. The van der Waals surface area contributed by atoms with Gasteiger partial charge >= 0.3 is 0 Å². The number of piperidine rings is 3. The van der Waals surface area contributed by atoms with Gasteiger partial charge in [-0.3, -0.25) is 28.9 Å². The van der Waals surface area contributed by atoms with Crippen LogP contribution in [-0.4, -0.2) is 174 Å². The topological polar surface area (TPSA) is 251 Å². The highest BCUT2D eigenvalue weighted by molar-refractivity contribution is 6.32. The molecule has 6 aromatic carbocycles. The summed E-state index contributed by atoms with van der Waals surface area (Å²) in [4.78, 5) is 96.5. The van der Waals surface area contributed by atoms with E-state index < -0.39 is 24.4 Å². The van der Waals surface area contributed by atoms with Gasteiger partial charge in [0.1, 0.15) is 40.1 Å². The number of benzene rings is 6. The highest BCUT2D eigenvalue weighted by atomic mass is 35.5. The zero-order chi connectivity index (χ0) is 85.1.